The summed E-state index contributed by atoms with van der Waals surface area (Å²) in [6.45, 7) is 0. The number of rotatable bonds is 5. The summed E-state index contributed by atoms with van der Waals surface area (Å²) in [4.78, 5) is 0. The lowest BCUT2D eigenvalue weighted by Gasteiger charge is -2.16. The van der Waals surface area contributed by atoms with Crippen LogP contribution in [0.15, 0.2) is 328 Å². The van der Waals surface area contributed by atoms with E-state index in [4.69, 9.17) is 0 Å². The lowest BCUT2D eigenvalue weighted by atomic mass is 9.87. The molecule has 0 atom stereocenters. The fourth-order valence-corrected chi connectivity index (χ4v) is 16.3. The summed E-state index contributed by atoms with van der Waals surface area (Å²) < 4.78 is 0. The average Bonchev–Trinajstić information content (AvgIpc) is 0.819. The van der Waals surface area contributed by atoms with Crippen LogP contribution in [-0.2, 0) is 0 Å². The normalized spacial score (nSPS) is 12.1. The lowest BCUT2D eigenvalue weighted by molar-refractivity contribution is 1.69. The quantitative estimate of drug-likeness (QED) is 0.119. The molecule has 0 fully saturated rings. The zero-order valence-electron chi connectivity index (χ0n) is 50.2. The minimum Gasteiger partial charge on any atom is -0.0616 e. The minimum absolute atomic E-state index is 1.24. The highest BCUT2D eigenvalue weighted by atomic mass is 14.2. The summed E-state index contributed by atoms with van der Waals surface area (Å²) in [6, 6.07) is 124. The molecule has 0 saturated heterocycles. The van der Waals surface area contributed by atoms with Gasteiger partial charge in [0, 0.05) is 0 Å². The van der Waals surface area contributed by atoms with Gasteiger partial charge in [0.1, 0.15) is 0 Å². The Hall–Kier alpha value is -12.0. The molecular formula is C92H54. The average molecular weight is 1160 g/mol. The third-order valence-electron chi connectivity index (χ3n) is 20.5. The molecule has 0 saturated carbocycles. The van der Waals surface area contributed by atoms with E-state index in [0.29, 0.717) is 0 Å². The van der Waals surface area contributed by atoms with E-state index in [1.165, 1.54) is 206 Å². The highest BCUT2D eigenvalue weighted by Crippen LogP contribution is 2.46. The van der Waals surface area contributed by atoms with Gasteiger partial charge in [0.2, 0.25) is 0 Å². The zero-order chi connectivity index (χ0) is 60.1. The van der Waals surface area contributed by atoms with Crippen LogP contribution in [0, 0.1) is 0 Å². The Labute approximate surface area is 530 Å². The Morgan fingerprint density at radius 2 is 0.261 bits per heavy atom. The van der Waals surface area contributed by atoms with Gasteiger partial charge in [-0.2, -0.15) is 0 Å². The van der Waals surface area contributed by atoms with E-state index in [1.54, 1.807) is 0 Å². The summed E-state index contributed by atoms with van der Waals surface area (Å²) in [6.07, 6.45) is 0. The van der Waals surface area contributed by atoms with Gasteiger partial charge in [-0.1, -0.05) is 279 Å². The SMILES string of the molecule is c1ccc2c(-c3cccc4cc5c(ccc6c(-c7cccc8cc9c(ccc%10c(-c%11cccc%12c%11ccc%11cc%13c(-c%14cccc%15c%14ccc%14cc%16c(-c%17cccc%18ccccc%17%18)cccc%16cc%14%15)cccc%13cc%11%12)cccc%109)cc78)cccc65)cc34)cccc2c1. The number of fused-ring (bicyclic) bond motifs is 18. The predicted molar refractivity (Wildman–Crippen MR) is 399 cm³/mol. The van der Waals surface area contributed by atoms with Crippen LogP contribution < -0.4 is 0 Å². The van der Waals surface area contributed by atoms with E-state index in [2.05, 4.69) is 328 Å². The molecule has 0 amide bonds. The van der Waals surface area contributed by atoms with Crippen molar-refractivity contribution in [2.75, 3.05) is 0 Å². The van der Waals surface area contributed by atoms with Crippen LogP contribution in [0.1, 0.15) is 0 Å². The van der Waals surface area contributed by atoms with E-state index in [1.807, 2.05) is 0 Å². The molecule has 20 rings (SSSR count). The minimum atomic E-state index is 1.24. The largest absolute Gasteiger partial charge is 0.0616 e. The van der Waals surface area contributed by atoms with Crippen molar-refractivity contribution in [1.82, 2.24) is 0 Å². The molecule has 0 spiro atoms. The molecular weight excluding hydrogens is 1110 g/mol. The van der Waals surface area contributed by atoms with Crippen molar-refractivity contribution in [3.05, 3.63) is 328 Å². The third-order valence-corrected chi connectivity index (χ3v) is 20.5. The molecule has 422 valence electrons. The first-order chi connectivity index (χ1) is 45.6. The van der Waals surface area contributed by atoms with Gasteiger partial charge >= 0.3 is 0 Å². The van der Waals surface area contributed by atoms with Crippen molar-refractivity contribution >= 4 is 151 Å². The monoisotopic (exact) mass is 1160 g/mol. The molecule has 0 aliphatic carbocycles. The molecule has 0 nitrogen and oxygen atoms in total. The predicted octanol–water partition coefficient (Wildman–Crippen LogP) is 26.2. The van der Waals surface area contributed by atoms with Gasteiger partial charge < -0.3 is 0 Å². The van der Waals surface area contributed by atoms with Crippen LogP contribution >= 0.6 is 0 Å². The van der Waals surface area contributed by atoms with Crippen molar-refractivity contribution in [1.29, 1.82) is 0 Å². The molecule has 0 heteroatoms. The third kappa shape index (κ3) is 7.65. The van der Waals surface area contributed by atoms with Crippen LogP contribution in [0.2, 0.25) is 0 Å². The fraction of sp³-hybridized carbons (Fsp3) is 0. The van der Waals surface area contributed by atoms with E-state index in [-0.39, 0.29) is 0 Å². The fourth-order valence-electron chi connectivity index (χ4n) is 16.3. The zero-order valence-corrected chi connectivity index (χ0v) is 50.2. The van der Waals surface area contributed by atoms with Gasteiger partial charge in [-0.05, 0) is 255 Å². The van der Waals surface area contributed by atoms with Crippen molar-refractivity contribution in [3.63, 3.8) is 0 Å². The summed E-state index contributed by atoms with van der Waals surface area (Å²) in [7, 11) is 0. The van der Waals surface area contributed by atoms with E-state index in [9.17, 15) is 0 Å². The maximum atomic E-state index is 2.43. The molecule has 20 aromatic carbocycles. The summed E-state index contributed by atoms with van der Waals surface area (Å²) in [5, 5.41) is 35.2. The van der Waals surface area contributed by atoms with E-state index in [0.717, 1.165) is 0 Å². The van der Waals surface area contributed by atoms with Crippen LogP contribution in [0.3, 0.4) is 0 Å². The molecule has 0 aliphatic heterocycles. The Bertz CT molecular complexity index is 6210. The molecule has 0 heterocycles. The molecule has 0 unspecified atom stereocenters. The molecule has 20 aromatic rings. The van der Waals surface area contributed by atoms with E-state index >= 15 is 0 Å². The Balaban J connectivity index is 0.663. The van der Waals surface area contributed by atoms with Crippen LogP contribution in [0.25, 0.3) is 206 Å². The second-order valence-corrected chi connectivity index (χ2v) is 25.3. The van der Waals surface area contributed by atoms with Gasteiger partial charge in [-0.3, -0.25) is 0 Å². The first-order valence-electron chi connectivity index (χ1n) is 32.1. The molecule has 92 heavy (non-hydrogen) atoms. The lowest BCUT2D eigenvalue weighted by Crippen LogP contribution is -1.89. The second kappa shape index (κ2) is 19.8. The van der Waals surface area contributed by atoms with E-state index < -0.39 is 0 Å². The van der Waals surface area contributed by atoms with Crippen molar-refractivity contribution in [3.8, 4) is 55.6 Å². The van der Waals surface area contributed by atoms with Crippen LogP contribution in [0.4, 0.5) is 0 Å². The Kier molecular flexibility index (Phi) is 11.0. The Morgan fingerprint density at radius 3 is 0.533 bits per heavy atom. The number of hydrogen-bond acceptors (Lipinski definition) is 0. The summed E-state index contributed by atoms with van der Waals surface area (Å²) in [5.41, 5.74) is 12.6. The molecule has 0 aromatic heterocycles. The smallest absolute Gasteiger partial charge is 0.00987 e. The van der Waals surface area contributed by atoms with Crippen LogP contribution in [0.5, 0.6) is 0 Å². The summed E-state index contributed by atoms with van der Waals surface area (Å²) >= 11 is 0. The van der Waals surface area contributed by atoms with Crippen molar-refractivity contribution in [2.24, 2.45) is 0 Å². The molecule has 0 bridgehead atoms. The van der Waals surface area contributed by atoms with Gasteiger partial charge in [0.25, 0.3) is 0 Å². The van der Waals surface area contributed by atoms with Gasteiger partial charge in [-0.25, -0.2) is 0 Å². The first-order valence-corrected chi connectivity index (χ1v) is 32.1. The van der Waals surface area contributed by atoms with Gasteiger partial charge in [0.15, 0.2) is 0 Å². The van der Waals surface area contributed by atoms with Crippen LogP contribution in [-0.4, -0.2) is 0 Å². The highest BCUT2D eigenvalue weighted by Gasteiger charge is 2.19. The Morgan fingerprint density at radius 1 is 0.0870 bits per heavy atom. The summed E-state index contributed by atoms with van der Waals surface area (Å²) in [5.74, 6) is 0. The topological polar surface area (TPSA) is 0 Å². The molecule has 0 radical (unpaired) electrons. The van der Waals surface area contributed by atoms with Crippen molar-refractivity contribution in [2.45, 2.75) is 0 Å². The first kappa shape index (κ1) is 51.0. The van der Waals surface area contributed by atoms with Crippen molar-refractivity contribution < 1.29 is 0 Å². The highest BCUT2D eigenvalue weighted by molar-refractivity contribution is 6.25. The number of benzene rings is 20. The maximum absolute atomic E-state index is 2.43. The maximum Gasteiger partial charge on any atom is -0.00987 e. The number of hydrogen-bond donors (Lipinski definition) is 0. The molecule has 0 N–H and O–H groups in total. The molecule has 0 aliphatic rings. The second-order valence-electron chi connectivity index (χ2n) is 25.3. The standard InChI is InChI=1S/C92H54/c1-3-23-65-55(15-1)17-5-25-67(65)73-27-7-19-57-47-91-61(51-85(57)73)41-45-83-71(33-13-37-79(83)91)75-29-9-21-59-49-89-63(53-87(59)75)39-43-81-69(31-11-35-77(81)89)70-32-12-36-78-82(70)44-40-64-54-88-60(50-90(64)78)22-10-30-76(88)72-34-14-38-80-84(72)46-42-62-52-86-58(48-92(62)80)20-8-28-74(86)68-26-6-18-56-16-2-4-24-66(56)68/h1-54H. The van der Waals surface area contributed by atoms with Gasteiger partial charge in [0.05, 0.1) is 0 Å². The van der Waals surface area contributed by atoms with Gasteiger partial charge in [-0.15, -0.1) is 0 Å².